The Balaban J connectivity index is 1.28. The minimum atomic E-state index is -0.566. The lowest BCUT2D eigenvalue weighted by Crippen LogP contribution is -2.40. The highest BCUT2D eigenvalue weighted by Gasteiger charge is 2.28. The van der Waals surface area contributed by atoms with Gasteiger partial charge < -0.3 is 18.8 Å². The number of nitrogens with zero attached hydrogens (tertiary/aromatic N) is 4. The van der Waals surface area contributed by atoms with Crippen LogP contribution in [0.4, 0.5) is 10.6 Å². The fourth-order valence-corrected chi connectivity index (χ4v) is 5.08. The van der Waals surface area contributed by atoms with Gasteiger partial charge in [-0.15, -0.1) is 0 Å². The molecular formula is C32H36N4O5. The van der Waals surface area contributed by atoms with Crippen LogP contribution in [0.3, 0.4) is 0 Å². The molecule has 0 spiro atoms. The number of aryl methyl sites for hydroxylation is 1. The fraction of sp³-hybridized carbons (Fsp3) is 0.375. The molecule has 1 aliphatic heterocycles. The summed E-state index contributed by atoms with van der Waals surface area (Å²) in [6.45, 7) is 6.63. The molecule has 0 aliphatic carbocycles. The highest BCUT2D eigenvalue weighted by atomic mass is 16.6. The number of rotatable bonds is 8. The lowest BCUT2D eigenvalue weighted by Gasteiger charge is -2.31. The average molecular weight is 557 g/mol. The van der Waals surface area contributed by atoms with Crippen LogP contribution in [0.2, 0.25) is 0 Å². The molecule has 0 N–H and O–H groups in total. The Hall–Kier alpha value is -4.40. The quantitative estimate of drug-likeness (QED) is 0.250. The zero-order chi connectivity index (χ0) is 29.0. The number of pyridine rings is 2. The van der Waals surface area contributed by atoms with Crippen molar-refractivity contribution in [2.75, 3.05) is 25.2 Å². The fourth-order valence-electron chi connectivity index (χ4n) is 5.08. The second kappa shape index (κ2) is 12.0. The van der Waals surface area contributed by atoms with Crippen LogP contribution in [0.15, 0.2) is 67.1 Å². The molecule has 0 saturated carbocycles. The smallest absolute Gasteiger partial charge is 0.416 e. The molecule has 0 fully saturated rings. The molecule has 1 amide bonds. The van der Waals surface area contributed by atoms with Gasteiger partial charge in [0, 0.05) is 48.2 Å². The maximum atomic E-state index is 12.8. The van der Waals surface area contributed by atoms with Gasteiger partial charge in [-0.1, -0.05) is 12.1 Å². The van der Waals surface area contributed by atoms with Crippen molar-refractivity contribution < 1.29 is 23.8 Å². The maximum Gasteiger partial charge on any atom is 0.416 e. The van der Waals surface area contributed by atoms with Crippen molar-refractivity contribution in [2.24, 2.45) is 0 Å². The van der Waals surface area contributed by atoms with Crippen LogP contribution >= 0.6 is 0 Å². The van der Waals surface area contributed by atoms with E-state index in [4.69, 9.17) is 19.2 Å². The number of ether oxygens (including phenoxy) is 3. The Labute approximate surface area is 240 Å². The van der Waals surface area contributed by atoms with Crippen molar-refractivity contribution in [3.63, 3.8) is 0 Å². The van der Waals surface area contributed by atoms with Crippen LogP contribution in [0.1, 0.15) is 56.5 Å². The Kier molecular flexibility index (Phi) is 8.23. The van der Waals surface area contributed by atoms with Gasteiger partial charge in [0.05, 0.1) is 26.2 Å². The van der Waals surface area contributed by atoms with E-state index in [0.717, 1.165) is 46.3 Å². The van der Waals surface area contributed by atoms with Crippen LogP contribution in [-0.4, -0.2) is 52.5 Å². The van der Waals surface area contributed by atoms with Gasteiger partial charge in [0.15, 0.2) is 0 Å². The van der Waals surface area contributed by atoms with Gasteiger partial charge in [-0.25, -0.2) is 9.78 Å². The minimum Gasteiger partial charge on any atom is -0.493 e. The molecule has 41 heavy (non-hydrogen) atoms. The zero-order valence-electron chi connectivity index (χ0n) is 24.0. The molecule has 9 heteroatoms. The van der Waals surface area contributed by atoms with E-state index in [0.29, 0.717) is 25.4 Å². The van der Waals surface area contributed by atoms with E-state index in [2.05, 4.69) is 15.6 Å². The highest BCUT2D eigenvalue weighted by Crippen LogP contribution is 2.31. The summed E-state index contributed by atoms with van der Waals surface area (Å²) in [6, 6.07) is 15.6. The highest BCUT2D eigenvalue weighted by molar-refractivity contribution is 5.88. The Morgan fingerprint density at radius 1 is 1.10 bits per heavy atom. The van der Waals surface area contributed by atoms with Crippen molar-refractivity contribution in [1.29, 1.82) is 0 Å². The molecule has 1 atom stereocenters. The van der Waals surface area contributed by atoms with E-state index in [1.54, 1.807) is 17.3 Å². The summed E-state index contributed by atoms with van der Waals surface area (Å²) in [7, 11) is 1.40. The van der Waals surface area contributed by atoms with Gasteiger partial charge in [0.1, 0.15) is 17.2 Å². The van der Waals surface area contributed by atoms with Gasteiger partial charge in [-0.05, 0) is 81.1 Å². The topological polar surface area (TPSA) is 95.8 Å². The van der Waals surface area contributed by atoms with E-state index in [9.17, 15) is 9.59 Å². The Bertz CT molecular complexity index is 1530. The summed E-state index contributed by atoms with van der Waals surface area (Å²) >= 11 is 0. The molecule has 0 saturated heterocycles. The lowest BCUT2D eigenvalue weighted by molar-refractivity contribution is -0.141. The van der Waals surface area contributed by atoms with Crippen molar-refractivity contribution in [2.45, 2.75) is 58.1 Å². The number of benzene rings is 1. The summed E-state index contributed by atoms with van der Waals surface area (Å²) in [4.78, 5) is 35.7. The SMILES string of the molecule is COC(=O)CC(c1cccnc1)n1ccc2cc(OCCc3ccc4c(n3)N(C(=O)OC(C)(C)C)CCC4)ccc21. The van der Waals surface area contributed by atoms with Gasteiger partial charge in [-0.3, -0.25) is 14.7 Å². The van der Waals surface area contributed by atoms with E-state index >= 15 is 0 Å². The second-order valence-corrected chi connectivity index (χ2v) is 11.1. The van der Waals surface area contributed by atoms with Gasteiger partial charge in [0.2, 0.25) is 0 Å². The normalized spacial score (nSPS) is 13.9. The third-order valence-electron chi connectivity index (χ3n) is 7.02. The molecule has 4 aromatic rings. The standard InChI is InChI=1S/C32H36N4O5/c1-32(2,3)41-31(38)36-16-6-8-22-9-10-25(34-30(22)36)14-18-40-26-11-12-27-23(19-26)13-17-35(27)28(20-29(37)39-4)24-7-5-15-33-21-24/h5,7,9-13,15,17,19,21,28H,6,8,14,16,18,20H2,1-4H3. The van der Waals surface area contributed by atoms with Crippen molar-refractivity contribution in [3.05, 3.63) is 83.9 Å². The lowest BCUT2D eigenvalue weighted by atomic mass is 10.1. The number of carbonyl (C=O) groups excluding carboxylic acids is 2. The number of fused-ring (bicyclic) bond motifs is 2. The van der Waals surface area contributed by atoms with E-state index in [-0.39, 0.29) is 24.5 Å². The van der Waals surface area contributed by atoms with Crippen molar-refractivity contribution >= 4 is 28.8 Å². The summed E-state index contributed by atoms with van der Waals surface area (Å²) in [5.74, 6) is 1.14. The van der Waals surface area contributed by atoms with Crippen molar-refractivity contribution in [1.82, 2.24) is 14.5 Å². The molecule has 0 bridgehead atoms. The van der Waals surface area contributed by atoms with Crippen LogP contribution in [0.25, 0.3) is 10.9 Å². The third kappa shape index (κ3) is 6.67. The zero-order valence-corrected chi connectivity index (χ0v) is 24.0. The molecule has 214 valence electrons. The molecule has 5 rings (SSSR count). The number of anilines is 1. The number of aromatic nitrogens is 3. The summed E-state index contributed by atoms with van der Waals surface area (Å²) in [6.07, 6.45) is 7.66. The largest absolute Gasteiger partial charge is 0.493 e. The molecule has 3 aromatic heterocycles. The van der Waals surface area contributed by atoms with Crippen LogP contribution in [-0.2, 0) is 27.1 Å². The summed E-state index contributed by atoms with van der Waals surface area (Å²) in [5.41, 5.74) is 3.25. The first-order valence-corrected chi connectivity index (χ1v) is 13.9. The number of carbonyl (C=O) groups is 2. The average Bonchev–Trinajstić information content (AvgIpc) is 3.38. The van der Waals surface area contributed by atoms with Crippen LogP contribution < -0.4 is 9.64 Å². The van der Waals surface area contributed by atoms with Gasteiger partial charge in [0.25, 0.3) is 0 Å². The Morgan fingerprint density at radius 2 is 1.95 bits per heavy atom. The first kappa shape index (κ1) is 28.1. The predicted octanol–water partition coefficient (Wildman–Crippen LogP) is 5.89. The molecule has 0 radical (unpaired) electrons. The Morgan fingerprint density at radius 3 is 2.71 bits per heavy atom. The first-order valence-electron chi connectivity index (χ1n) is 13.9. The molecule has 1 aromatic carbocycles. The first-order chi connectivity index (χ1) is 19.7. The van der Waals surface area contributed by atoms with Crippen LogP contribution in [0.5, 0.6) is 5.75 Å². The number of esters is 1. The number of hydrogen-bond donors (Lipinski definition) is 0. The van der Waals surface area contributed by atoms with E-state index in [1.165, 1.54) is 7.11 Å². The number of hydrogen-bond acceptors (Lipinski definition) is 7. The molecule has 1 aliphatic rings. The summed E-state index contributed by atoms with van der Waals surface area (Å²) in [5, 5.41) is 1.00. The minimum absolute atomic E-state index is 0.198. The molecular weight excluding hydrogens is 520 g/mol. The molecule has 4 heterocycles. The maximum absolute atomic E-state index is 12.8. The predicted molar refractivity (Wildman–Crippen MR) is 156 cm³/mol. The molecule has 9 nitrogen and oxygen atoms in total. The monoisotopic (exact) mass is 556 g/mol. The number of methoxy groups -OCH3 is 1. The van der Waals surface area contributed by atoms with Gasteiger partial charge >= 0.3 is 12.1 Å². The number of amides is 1. The van der Waals surface area contributed by atoms with E-state index < -0.39 is 5.60 Å². The second-order valence-electron chi connectivity index (χ2n) is 11.1. The van der Waals surface area contributed by atoms with Crippen LogP contribution in [0, 0.1) is 0 Å². The molecule has 1 unspecified atom stereocenters. The van der Waals surface area contributed by atoms with Crippen molar-refractivity contribution in [3.8, 4) is 5.75 Å². The third-order valence-corrected chi connectivity index (χ3v) is 7.02. The van der Waals surface area contributed by atoms with E-state index in [1.807, 2.05) is 69.4 Å². The van der Waals surface area contributed by atoms with Gasteiger partial charge in [-0.2, -0.15) is 0 Å². The summed E-state index contributed by atoms with van der Waals surface area (Å²) < 4.78 is 18.7.